The highest BCUT2D eigenvalue weighted by Gasteiger charge is 2.47. The van der Waals surface area contributed by atoms with E-state index in [-0.39, 0.29) is 61.4 Å². The number of aromatic nitrogens is 4. The van der Waals surface area contributed by atoms with Crippen LogP contribution in [0.4, 0.5) is 34.1 Å². The molecule has 0 N–H and O–H groups in total. The second kappa shape index (κ2) is 26.7. The van der Waals surface area contributed by atoms with Crippen LogP contribution in [0, 0.1) is 0 Å². The maximum absolute atomic E-state index is 10.3. The number of hydrogen-bond acceptors (Lipinski definition) is 5. The highest BCUT2D eigenvalue weighted by molar-refractivity contribution is 7.00. The summed E-state index contributed by atoms with van der Waals surface area (Å²) in [6.07, 6.45) is 0. The van der Waals surface area contributed by atoms with Gasteiger partial charge >= 0.3 is 0 Å². The molecule has 0 aliphatic carbocycles. The van der Waals surface area contributed by atoms with Crippen molar-refractivity contribution in [2.24, 2.45) is 0 Å². The monoisotopic (exact) mass is 1440 g/mol. The Morgan fingerprint density at radius 2 is 0.627 bits per heavy atom. The van der Waals surface area contributed by atoms with Crippen molar-refractivity contribution >= 4 is 79.0 Å². The van der Waals surface area contributed by atoms with Crippen LogP contribution in [0.1, 0.15) is 137 Å². The van der Waals surface area contributed by atoms with E-state index in [0.29, 0.717) is 72.5 Å². The standard InChI is InChI=1S/C103H89BN6/c1-100(2,3)75-55-74(56-76(59-75)101(4,5)6)73-52-54-87-91(58-73)110(96-84(69-41-25-16-26-42-69)62-78(103(10,11)12)63-85(96)99-106-97(70-43-27-17-28-44-70)105-98(107-99)71-45-29-18-30-46-71)93-65-79(108-88-49-33-31-47-80(88)81-48-32-34-50-89(81)108)64-92-94(93)104(87)86-53-51-72(66-35-19-13-20-36-66)57-90(86)109(92)95-82(67-37-21-14-22-38-67)60-77(102(7,8)9)61-83(95)68-39-23-15-24-40-68/h13-65H,1-12H3/i13D,17D,18D,19D,20D,27D,28D,29D,30D,31D,32D,33D,34D,35D,36D,43D,44D,45D,46D,47D,48D,49D,50D. The zero-order valence-corrected chi connectivity index (χ0v) is 63.1. The van der Waals surface area contributed by atoms with Gasteiger partial charge in [0.25, 0.3) is 6.71 Å². The molecule has 6 nitrogen and oxygen atoms in total. The summed E-state index contributed by atoms with van der Waals surface area (Å²) in [6.45, 7) is 24.2. The molecule has 0 saturated carbocycles. The molecule has 2 aliphatic rings. The number of anilines is 6. The molecule has 110 heavy (non-hydrogen) atoms. The fourth-order valence-electron chi connectivity index (χ4n) is 15.4. The number of para-hydroxylation sites is 2. The van der Waals surface area contributed by atoms with Gasteiger partial charge in [-0.25, -0.2) is 15.0 Å². The predicted octanol–water partition coefficient (Wildman–Crippen LogP) is 25.6. The lowest BCUT2D eigenvalue weighted by Gasteiger charge is -2.46. The Balaban J connectivity index is 1.14. The molecule has 14 aromatic carbocycles. The first kappa shape index (κ1) is 48.1. The molecule has 0 bridgehead atoms. The third-order valence-electron chi connectivity index (χ3n) is 21.1. The molecular weight excluding hydrogens is 1330 g/mol. The molecule has 0 unspecified atom stereocenters. The summed E-state index contributed by atoms with van der Waals surface area (Å²) in [7, 11) is 0. The lowest BCUT2D eigenvalue weighted by atomic mass is 9.33. The summed E-state index contributed by atoms with van der Waals surface area (Å²) in [5.41, 5.74) is 9.29. The SMILES string of the molecule is [2H]c1c([2H])c([2H])c(-c2ccc3c(c2)N(c2c(-c4ccccc4)cc(C(C)(C)C)cc2-c2ccccc2)c2cc(-n4c5c([2H])c([2H])c([2H])c([2H])c5c5c([2H])c([2H])c([2H])c([2H])c54)cc4c2B3c2ccc(-c3cc(C(C)(C)C)cc(C(C)(C)C)c3)cc2N4c2c(-c3ccccc3)cc(C(C)(C)C)cc2-c2nc(-c3c([2H])c([2H])c([2H])c([2H])c3[2H])nc(-c3c([2H])c([2H])c([2H])c([2H])c3[2H])n2)c([2H])c1[2H]. The average Bonchev–Trinajstić information content (AvgIpc) is 1.67. The Morgan fingerprint density at radius 3 is 1.04 bits per heavy atom. The van der Waals surface area contributed by atoms with E-state index in [1.54, 1.807) is 6.07 Å². The number of fused-ring (bicyclic) bond motifs is 7. The molecular formula is C103H89BN6. The van der Waals surface area contributed by atoms with E-state index in [2.05, 4.69) is 116 Å². The maximum Gasteiger partial charge on any atom is 0.252 e. The van der Waals surface area contributed by atoms with Crippen LogP contribution in [0.15, 0.2) is 321 Å². The summed E-state index contributed by atoms with van der Waals surface area (Å²) in [4.78, 5) is 19.6. The maximum atomic E-state index is 10.3. The zero-order valence-electron chi connectivity index (χ0n) is 86.1. The lowest BCUT2D eigenvalue weighted by Crippen LogP contribution is -2.61. The quantitative estimate of drug-likeness (QED) is 0.121. The summed E-state index contributed by atoms with van der Waals surface area (Å²) in [5.74, 6) is -1.42. The van der Waals surface area contributed by atoms with Crippen molar-refractivity contribution in [2.75, 3.05) is 9.80 Å². The van der Waals surface area contributed by atoms with Crippen LogP contribution in [0.5, 0.6) is 0 Å². The highest BCUT2D eigenvalue weighted by Crippen LogP contribution is 2.56. The fourth-order valence-corrected chi connectivity index (χ4v) is 15.4. The van der Waals surface area contributed by atoms with E-state index >= 15 is 0 Å². The Labute approximate surface area is 680 Å². The molecule has 0 spiro atoms. The van der Waals surface area contributed by atoms with Gasteiger partial charge in [-0.15, -0.1) is 0 Å². The molecule has 0 fully saturated rings. The van der Waals surface area contributed by atoms with Gasteiger partial charge in [0.1, 0.15) is 0 Å². The van der Waals surface area contributed by atoms with Crippen LogP contribution >= 0.6 is 0 Å². The Morgan fingerprint density at radius 1 is 0.282 bits per heavy atom. The van der Waals surface area contributed by atoms with Crippen molar-refractivity contribution in [3.05, 3.63) is 343 Å². The van der Waals surface area contributed by atoms with E-state index in [4.69, 9.17) is 19.1 Å². The lowest BCUT2D eigenvalue weighted by molar-refractivity contribution is 0.569. The summed E-state index contributed by atoms with van der Waals surface area (Å²) >= 11 is 0. The van der Waals surface area contributed by atoms with Gasteiger partial charge in [-0.2, -0.15) is 0 Å². The predicted molar refractivity (Wildman–Crippen MR) is 466 cm³/mol. The first-order valence-electron chi connectivity index (χ1n) is 48.4. The first-order valence-corrected chi connectivity index (χ1v) is 36.9. The Hall–Kier alpha value is -12.4. The summed E-state index contributed by atoms with van der Waals surface area (Å²) in [6, 6.07) is 43.6. The second-order valence-electron chi connectivity index (χ2n) is 32.4. The van der Waals surface area contributed by atoms with E-state index in [1.165, 1.54) is 4.57 Å². The number of hydrogen-bond donors (Lipinski definition) is 0. The largest absolute Gasteiger partial charge is 0.310 e. The van der Waals surface area contributed by atoms with Crippen LogP contribution < -0.4 is 26.2 Å². The van der Waals surface area contributed by atoms with Crippen molar-refractivity contribution in [1.82, 2.24) is 19.5 Å². The van der Waals surface area contributed by atoms with E-state index in [9.17, 15) is 27.4 Å². The molecule has 0 radical (unpaired) electrons. The summed E-state index contributed by atoms with van der Waals surface area (Å²) < 4.78 is 220. The van der Waals surface area contributed by atoms with Gasteiger partial charge < -0.3 is 14.4 Å². The molecule has 534 valence electrons. The highest BCUT2D eigenvalue weighted by atomic mass is 15.2. The third kappa shape index (κ3) is 12.3. The zero-order chi connectivity index (χ0) is 95.6. The van der Waals surface area contributed by atoms with Crippen LogP contribution in [-0.4, -0.2) is 26.2 Å². The Bertz CT molecular complexity index is 7380. The van der Waals surface area contributed by atoms with Crippen LogP contribution in [0.3, 0.4) is 0 Å². The Kier molecular flexibility index (Phi) is 11.7. The van der Waals surface area contributed by atoms with Crippen molar-refractivity contribution < 1.29 is 31.5 Å². The third-order valence-corrected chi connectivity index (χ3v) is 21.1. The number of benzene rings is 14. The molecule has 2 aromatic heterocycles. The minimum absolute atomic E-state index is 0.0464. The molecule has 16 aromatic rings. The summed E-state index contributed by atoms with van der Waals surface area (Å²) in [5, 5.41) is -0.466. The van der Waals surface area contributed by atoms with Crippen molar-refractivity contribution in [1.29, 1.82) is 0 Å². The minimum atomic E-state index is -0.992. The van der Waals surface area contributed by atoms with Crippen LogP contribution in [0.25, 0.3) is 117 Å². The molecule has 18 rings (SSSR count). The van der Waals surface area contributed by atoms with E-state index in [1.807, 2.05) is 153 Å². The number of rotatable bonds is 11. The van der Waals surface area contributed by atoms with E-state index in [0.717, 1.165) is 33.4 Å². The average molecular weight is 1440 g/mol. The van der Waals surface area contributed by atoms with Gasteiger partial charge in [0.2, 0.25) is 0 Å². The smallest absolute Gasteiger partial charge is 0.252 e. The molecule has 0 amide bonds. The second-order valence-corrected chi connectivity index (χ2v) is 32.4. The first-order chi connectivity index (χ1) is 62.6. The normalized spacial score (nSPS) is 15.8. The van der Waals surface area contributed by atoms with Gasteiger partial charge in [-0.1, -0.05) is 343 Å². The van der Waals surface area contributed by atoms with Crippen molar-refractivity contribution in [3.8, 4) is 95.5 Å². The fraction of sp³-hybridized carbons (Fsp3) is 0.155. The van der Waals surface area contributed by atoms with Crippen LogP contribution in [-0.2, 0) is 21.7 Å². The topological polar surface area (TPSA) is 50.1 Å². The van der Waals surface area contributed by atoms with Crippen LogP contribution in [0.2, 0.25) is 0 Å². The molecule has 7 heteroatoms. The molecule has 2 aliphatic heterocycles. The van der Waals surface area contributed by atoms with Crippen molar-refractivity contribution in [2.45, 2.75) is 105 Å². The molecule has 4 heterocycles. The van der Waals surface area contributed by atoms with Gasteiger partial charge in [0.05, 0.1) is 59.6 Å². The van der Waals surface area contributed by atoms with Gasteiger partial charge in [-0.3, -0.25) is 0 Å². The van der Waals surface area contributed by atoms with Crippen molar-refractivity contribution in [3.63, 3.8) is 0 Å². The van der Waals surface area contributed by atoms with Gasteiger partial charge in [-0.05, 0) is 160 Å². The molecule has 0 atom stereocenters. The van der Waals surface area contributed by atoms with Gasteiger partial charge in [0.15, 0.2) is 17.5 Å². The number of nitrogens with zero attached hydrogens (tertiary/aromatic N) is 6. The minimum Gasteiger partial charge on any atom is -0.310 e. The molecule has 0 saturated heterocycles. The van der Waals surface area contributed by atoms with E-state index < -0.39 is 190 Å². The van der Waals surface area contributed by atoms with Gasteiger partial charge in [0, 0.05) is 66.9 Å².